The largest absolute Gasteiger partial charge is 0.455 e. The van der Waals surface area contributed by atoms with Crippen molar-refractivity contribution in [1.82, 2.24) is 5.32 Å². The average Bonchev–Trinajstić information content (AvgIpc) is 2.61. The highest BCUT2D eigenvalue weighted by molar-refractivity contribution is 5.89. The standard InChI is InChI=1S/C20H23NO3/c22-19(21-17-10-2-1-3-11-17)14-24-20(23)13-16-9-6-8-15-7-4-5-12-18(15)16/h4-9,12,17H,1-3,10-11,13-14H2,(H,21,22). The minimum absolute atomic E-state index is 0.179. The summed E-state index contributed by atoms with van der Waals surface area (Å²) in [5.41, 5.74) is 0.922. The van der Waals surface area contributed by atoms with E-state index in [1.165, 1.54) is 6.42 Å². The summed E-state index contributed by atoms with van der Waals surface area (Å²) < 4.78 is 5.15. The zero-order valence-electron chi connectivity index (χ0n) is 13.8. The number of nitrogens with one attached hydrogen (secondary N) is 1. The van der Waals surface area contributed by atoms with Crippen LogP contribution in [0.15, 0.2) is 42.5 Å². The first-order valence-corrected chi connectivity index (χ1v) is 8.64. The van der Waals surface area contributed by atoms with E-state index in [4.69, 9.17) is 4.74 Å². The molecule has 1 aliphatic carbocycles. The lowest BCUT2D eigenvalue weighted by Gasteiger charge is -2.22. The van der Waals surface area contributed by atoms with Crippen LogP contribution in [-0.2, 0) is 20.7 Å². The lowest BCUT2D eigenvalue weighted by atomic mass is 9.95. The predicted molar refractivity (Wildman–Crippen MR) is 93.6 cm³/mol. The molecule has 1 fully saturated rings. The van der Waals surface area contributed by atoms with Crippen LogP contribution in [0.1, 0.15) is 37.7 Å². The van der Waals surface area contributed by atoms with Gasteiger partial charge in [-0.15, -0.1) is 0 Å². The van der Waals surface area contributed by atoms with Crippen molar-refractivity contribution in [3.05, 3.63) is 48.0 Å². The Hall–Kier alpha value is -2.36. The third-order valence-corrected chi connectivity index (χ3v) is 4.55. The van der Waals surface area contributed by atoms with E-state index >= 15 is 0 Å². The fourth-order valence-corrected chi connectivity index (χ4v) is 3.32. The molecule has 0 aliphatic heterocycles. The zero-order valence-corrected chi connectivity index (χ0v) is 13.8. The predicted octanol–water partition coefficient (Wildman–Crippen LogP) is 3.37. The first-order chi connectivity index (χ1) is 11.7. The number of rotatable bonds is 5. The zero-order chi connectivity index (χ0) is 16.8. The van der Waals surface area contributed by atoms with E-state index in [1.807, 2.05) is 42.5 Å². The van der Waals surface area contributed by atoms with Crippen LogP contribution in [-0.4, -0.2) is 24.5 Å². The normalized spacial score (nSPS) is 15.2. The molecule has 1 aliphatic rings. The molecule has 1 saturated carbocycles. The second-order valence-electron chi connectivity index (χ2n) is 6.38. The van der Waals surface area contributed by atoms with Crippen LogP contribution in [0.2, 0.25) is 0 Å². The fraction of sp³-hybridized carbons (Fsp3) is 0.400. The molecule has 0 aromatic heterocycles. The van der Waals surface area contributed by atoms with Crippen molar-refractivity contribution in [3.8, 4) is 0 Å². The van der Waals surface area contributed by atoms with Crippen molar-refractivity contribution < 1.29 is 14.3 Å². The molecule has 0 spiro atoms. The smallest absolute Gasteiger partial charge is 0.310 e. The van der Waals surface area contributed by atoms with E-state index in [2.05, 4.69) is 5.32 Å². The molecular formula is C20H23NO3. The quantitative estimate of drug-likeness (QED) is 0.858. The molecule has 2 aromatic carbocycles. The second-order valence-corrected chi connectivity index (χ2v) is 6.38. The maximum absolute atomic E-state index is 12.1. The highest BCUT2D eigenvalue weighted by Gasteiger charge is 2.17. The summed E-state index contributed by atoms with van der Waals surface area (Å²) in [6.45, 7) is -0.194. The fourth-order valence-electron chi connectivity index (χ4n) is 3.32. The van der Waals surface area contributed by atoms with Crippen molar-refractivity contribution in [2.45, 2.75) is 44.6 Å². The van der Waals surface area contributed by atoms with Crippen LogP contribution in [0.5, 0.6) is 0 Å². The van der Waals surface area contributed by atoms with Crippen molar-refractivity contribution in [2.24, 2.45) is 0 Å². The van der Waals surface area contributed by atoms with Crippen molar-refractivity contribution in [1.29, 1.82) is 0 Å². The molecule has 4 heteroatoms. The molecule has 0 unspecified atom stereocenters. The van der Waals surface area contributed by atoms with Gasteiger partial charge in [0.15, 0.2) is 6.61 Å². The molecule has 4 nitrogen and oxygen atoms in total. The van der Waals surface area contributed by atoms with Gasteiger partial charge in [-0.05, 0) is 29.2 Å². The maximum Gasteiger partial charge on any atom is 0.310 e. The summed E-state index contributed by atoms with van der Waals surface area (Å²) >= 11 is 0. The Morgan fingerprint density at radius 2 is 1.75 bits per heavy atom. The van der Waals surface area contributed by atoms with E-state index in [0.717, 1.165) is 42.0 Å². The molecule has 2 aromatic rings. The van der Waals surface area contributed by atoms with Gasteiger partial charge < -0.3 is 10.1 Å². The van der Waals surface area contributed by atoms with E-state index in [-0.39, 0.29) is 30.9 Å². The number of benzene rings is 2. The van der Waals surface area contributed by atoms with Gasteiger partial charge in [0.1, 0.15) is 0 Å². The van der Waals surface area contributed by atoms with Crippen LogP contribution in [0.3, 0.4) is 0 Å². The topological polar surface area (TPSA) is 55.4 Å². The van der Waals surface area contributed by atoms with E-state index in [0.29, 0.717) is 0 Å². The average molecular weight is 325 g/mol. The van der Waals surface area contributed by atoms with E-state index < -0.39 is 0 Å². The number of fused-ring (bicyclic) bond motifs is 1. The maximum atomic E-state index is 12.1. The third kappa shape index (κ3) is 4.34. The number of amides is 1. The Balaban J connectivity index is 1.51. The Morgan fingerprint density at radius 1 is 1.00 bits per heavy atom. The number of esters is 1. The Kier molecular flexibility index (Phi) is 5.47. The molecule has 0 saturated heterocycles. The first kappa shape index (κ1) is 16.5. The molecule has 0 bridgehead atoms. The Labute approximate surface area is 142 Å². The molecule has 3 rings (SSSR count). The van der Waals surface area contributed by atoms with Gasteiger partial charge in [-0.25, -0.2) is 0 Å². The molecule has 0 atom stereocenters. The molecule has 24 heavy (non-hydrogen) atoms. The van der Waals surface area contributed by atoms with Gasteiger partial charge in [0, 0.05) is 6.04 Å². The lowest BCUT2D eigenvalue weighted by molar-refractivity contribution is -0.148. The lowest BCUT2D eigenvalue weighted by Crippen LogP contribution is -2.38. The van der Waals surface area contributed by atoms with Crippen molar-refractivity contribution >= 4 is 22.6 Å². The van der Waals surface area contributed by atoms with Gasteiger partial charge >= 0.3 is 5.97 Å². The Morgan fingerprint density at radius 3 is 2.58 bits per heavy atom. The van der Waals surface area contributed by atoms with Crippen LogP contribution in [0, 0.1) is 0 Å². The number of hydrogen-bond donors (Lipinski definition) is 1. The van der Waals surface area contributed by atoms with Crippen LogP contribution in [0.25, 0.3) is 10.8 Å². The van der Waals surface area contributed by atoms with Crippen LogP contribution >= 0.6 is 0 Å². The van der Waals surface area contributed by atoms with Crippen molar-refractivity contribution in [2.75, 3.05) is 6.61 Å². The molecular weight excluding hydrogens is 302 g/mol. The van der Waals surface area contributed by atoms with E-state index in [9.17, 15) is 9.59 Å². The molecule has 1 amide bonds. The molecule has 1 N–H and O–H groups in total. The number of carbonyl (C=O) groups is 2. The minimum atomic E-state index is -0.370. The number of hydrogen-bond acceptors (Lipinski definition) is 3. The number of ether oxygens (including phenoxy) is 1. The van der Waals surface area contributed by atoms with Gasteiger partial charge in [0.05, 0.1) is 6.42 Å². The van der Waals surface area contributed by atoms with Gasteiger partial charge in [0.25, 0.3) is 5.91 Å². The summed E-state index contributed by atoms with van der Waals surface area (Å²) in [4.78, 5) is 23.9. The summed E-state index contributed by atoms with van der Waals surface area (Å²) in [7, 11) is 0. The van der Waals surface area contributed by atoms with Gasteiger partial charge in [-0.2, -0.15) is 0 Å². The van der Waals surface area contributed by atoms with Crippen LogP contribution < -0.4 is 5.32 Å². The highest BCUT2D eigenvalue weighted by atomic mass is 16.5. The first-order valence-electron chi connectivity index (χ1n) is 8.64. The Bertz CT molecular complexity index is 714. The highest BCUT2D eigenvalue weighted by Crippen LogP contribution is 2.19. The second kappa shape index (κ2) is 7.95. The van der Waals surface area contributed by atoms with Crippen molar-refractivity contribution in [3.63, 3.8) is 0 Å². The molecule has 126 valence electrons. The van der Waals surface area contributed by atoms with Gasteiger partial charge in [-0.1, -0.05) is 61.7 Å². The minimum Gasteiger partial charge on any atom is -0.455 e. The van der Waals surface area contributed by atoms with E-state index in [1.54, 1.807) is 0 Å². The summed E-state index contributed by atoms with van der Waals surface area (Å²) in [6.07, 6.45) is 5.79. The SMILES string of the molecule is O=C(COC(=O)Cc1cccc2ccccc12)NC1CCCCC1. The summed E-state index contributed by atoms with van der Waals surface area (Å²) in [5.74, 6) is -0.571. The third-order valence-electron chi connectivity index (χ3n) is 4.55. The van der Waals surface area contributed by atoms with Crippen LogP contribution in [0.4, 0.5) is 0 Å². The summed E-state index contributed by atoms with van der Waals surface area (Å²) in [5, 5.41) is 5.09. The summed E-state index contributed by atoms with van der Waals surface area (Å²) in [6, 6.07) is 14.0. The van der Waals surface area contributed by atoms with Gasteiger partial charge in [-0.3, -0.25) is 9.59 Å². The monoisotopic (exact) mass is 325 g/mol. The molecule has 0 radical (unpaired) electrons. The van der Waals surface area contributed by atoms with Gasteiger partial charge in [0.2, 0.25) is 0 Å². The number of carbonyl (C=O) groups excluding carboxylic acids is 2. The molecule has 0 heterocycles.